The summed E-state index contributed by atoms with van der Waals surface area (Å²) in [5.41, 5.74) is 0.791. The molecular formula is C16H23FN2. The van der Waals surface area contributed by atoms with Gasteiger partial charge in [0.15, 0.2) is 0 Å². The van der Waals surface area contributed by atoms with Crippen molar-refractivity contribution >= 4 is 5.69 Å². The summed E-state index contributed by atoms with van der Waals surface area (Å²) in [6, 6.07) is 8.29. The maximum Gasteiger partial charge on any atom is 0.146 e. The quantitative estimate of drug-likeness (QED) is 0.807. The zero-order chi connectivity index (χ0) is 13.2. The van der Waals surface area contributed by atoms with Gasteiger partial charge < -0.3 is 4.90 Å². The van der Waals surface area contributed by atoms with Crippen LogP contribution in [0.5, 0.6) is 0 Å². The molecule has 19 heavy (non-hydrogen) atoms. The first-order valence-electron chi connectivity index (χ1n) is 7.55. The normalized spacial score (nSPS) is 28.2. The van der Waals surface area contributed by atoms with Gasteiger partial charge in [-0.05, 0) is 37.9 Å². The third kappa shape index (κ3) is 2.48. The first-order chi connectivity index (χ1) is 9.29. The van der Waals surface area contributed by atoms with E-state index < -0.39 is 0 Å². The van der Waals surface area contributed by atoms with Crippen molar-refractivity contribution in [2.75, 3.05) is 24.5 Å². The number of piperazine rings is 1. The maximum absolute atomic E-state index is 14.1. The third-order valence-electron chi connectivity index (χ3n) is 4.68. The zero-order valence-electron chi connectivity index (χ0n) is 11.7. The van der Waals surface area contributed by atoms with Gasteiger partial charge in [0.2, 0.25) is 0 Å². The van der Waals surface area contributed by atoms with E-state index in [9.17, 15) is 4.39 Å². The van der Waals surface area contributed by atoms with Crippen molar-refractivity contribution < 1.29 is 4.39 Å². The Hall–Kier alpha value is -1.09. The number of rotatable bonds is 2. The van der Waals surface area contributed by atoms with Gasteiger partial charge in [0.05, 0.1) is 5.69 Å². The summed E-state index contributed by atoms with van der Waals surface area (Å²) >= 11 is 0. The second-order valence-electron chi connectivity index (χ2n) is 5.81. The van der Waals surface area contributed by atoms with Gasteiger partial charge in [-0.2, -0.15) is 0 Å². The fourth-order valence-corrected chi connectivity index (χ4v) is 3.58. The monoisotopic (exact) mass is 262 g/mol. The highest BCUT2D eigenvalue weighted by atomic mass is 19.1. The van der Waals surface area contributed by atoms with Crippen LogP contribution in [-0.4, -0.2) is 36.6 Å². The van der Waals surface area contributed by atoms with Gasteiger partial charge in [0, 0.05) is 25.2 Å². The Kier molecular flexibility index (Phi) is 3.74. The average molecular weight is 262 g/mol. The Morgan fingerprint density at radius 2 is 2.05 bits per heavy atom. The summed E-state index contributed by atoms with van der Waals surface area (Å²) < 4.78 is 14.1. The van der Waals surface area contributed by atoms with Crippen molar-refractivity contribution in [2.45, 2.75) is 44.7 Å². The summed E-state index contributed by atoms with van der Waals surface area (Å²) in [5.74, 6) is -0.0785. The molecular weight excluding hydrogens is 239 g/mol. The van der Waals surface area contributed by atoms with Gasteiger partial charge in [-0.15, -0.1) is 0 Å². The van der Waals surface area contributed by atoms with E-state index in [-0.39, 0.29) is 5.82 Å². The topological polar surface area (TPSA) is 6.48 Å². The molecule has 0 radical (unpaired) electrons. The van der Waals surface area contributed by atoms with Crippen LogP contribution in [0.3, 0.4) is 0 Å². The molecule has 2 unspecified atom stereocenters. The molecule has 0 spiro atoms. The maximum atomic E-state index is 14.1. The third-order valence-corrected chi connectivity index (χ3v) is 4.68. The van der Waals surface area contributed by atoms with Crippen molar-refractivity contribution in [3.05, 3.63) is 30.1 Å². The molecule has 2 nitrogen and oxygen atoms in total. The fraction of sp³-hybridized carbons (Fsp3) is 0.625. The Balaban J connectivity index is 1.85. The van der Waals surface area contributed by atoms with Gasteiger partial charge in [-0.25, -0.2) is 4.39 Å². The predicted molar refractivity (Wildman–Crippen MR) is 77.0 cm³/mol. The highest BCUT2D eigenvalue weighted by Crippen LogP contribution is 2.30. The van der Waals surface area contributed by atoms with Crippen molar-refractivity contribution in [3.63, 3.8) is 0 Å². The summed E-state index contributed by atoms with van der Waals surface area (Å²) in [5, 5.41) is 0. The van der Waals surface area contributed by atoms with Crippen LogP contribution < -0.4 is 4.90 Å². The highest BCUT2D eigenvalue weighted by molar-refractivity contribution is 5.49. The van der Waals surface area contributed by atoms with Gasteiger partial charge in [-0.3, -0.25) is 4.90 Å². The molecule has 3 rings (SSSR count). The number of benzene rings is 1. The number of nitrogens with zero attached hydrogens (tertiary/aromatic N) is 2. The van der Waals surface area contributed by atoms with Crippen LogP contribution >= 0.6 is 0 Å². The lowest BCUT2D eigenvalue weighted by molar-refractivity contribution is 0.110. The van der Waals surface area contributed by atoms with E-state index in [1.807, 2.05) is 12.1 Å². The second kappa shape index (κ2) is 5.49. The molecule has 0 saturated carbocycles. The molecule has 2 heterocycles. The molecule has 2 fully saturated rings. The minimum atomic E-state index is -0.0785. The molecule has 1 aromatic rings. The van der Waals surface area contributed by atoms with Crippen molar-refractivity contribution in [1.82, 2.24) is 4.90 Å². The zero-order valence-corrected chi connectivity index (χ0v) is 11.7. The van der Waals surface area contributed by atoms with Crippen LogP contribution in [0.2, 0.25) is 0 Å². The van der Waals surface area contributed by atoms with E-state index in [0.29, 0.717) is 12.1 Å². The van der Waals surface area contributed by atoms with E-state index in [0.717, 1.165) is 25.2 Å². The van der Waals surface area contributed by atoms with E-state index in [4.69, 9.17) is 0 Å². The Morgan fingerprint density at radius 3 is 2.84 bits per heavy atom. The van der Waals surface area contributed by atoms with Crippen LogP contribution in [-0.2, 0) is 0 Å². The molecule has 0 N–H and O–H groups in total. The number of anilines is 1. The first-order valence-corrected chi connectivity index (χ1v) is 7.55. The molecule has 2 aliphatic rings. The summed E-state index contributed by atoms with van der Waals surface area (Å²) in [4.78, 5) is 4.93. The molecule has 2 saturated heterocycles. The van der Waals surface area contributed by atoms with E-state index in [1.54, 1.807) is 12.1 Å². The number of piperidine rings is 1. The first kappa shape index (κ1) is 12.9. The molecule has 1 aromatic carbocycles. The lowest BCUT2D eigenvalue weighted by Gasteiger charge is -2.49. The molecule has 0 aliphatic carbocycles. The average Bonchev–Trinajstić information content (AvgIpc) is 2.46. The van der Waals surface area contributed by atoms with Crippen molar-refractivity contribution in [3.8, 4) is 0 Å². The molecule has 0 aromatic heterocycles. The van der Waals surface area contributed by atoms with E-state index >= 15 is 0 Å². The summed E-state index contributed by atoms with van der Waals surface area (Å²) in [6.45, 7) is 5.52. The number of hydrogen-bond acceptors (Lipinski definition) is 2. The SMILES string of the molecule is CCC1CN2CCCCC2CN1c1ccccc1F. The Morgan fingerprint density at radius 1 is 1.21 bits per heavy atom. The summed E-state index contributed by atoms with van der Waals surface area (Å²) in [6.07, 6.45) is 4.99. The number of fused-ring (bicyclic) bond motifs is 1. The predicted octanol–water partition coefficient (Wildman–Crippen LogP) is 3.28. The van der Waals surface area contributed by atoms with Gasteiger partial charge >= 0.3 is 0 Å². The van der Waals surface area contributed by atoms with Gasteiger partial charge in [0.25, 0.3) is 0 Å². The Labute approximate surface area is 115 Å². The number of halogens is 1. The number of hydrogen-bond donors (Lipinski definition) is 0. The van der Waals surface area contributed by atoms with Crippen LogP contribution in [0.15, 0.2) is 24.3 Å². The largest absolute Gasteiger partial charge is 0.363 e. The van der Waals surface area contributed by atoms with Crippen LogP contribution in [0.25, 0.3) is 0 Å². The highest BCUT2D eigenvalue weighted by Gasteiger charge is 2.34. The second-order valence-corrected chi connectivity index (χ2v) is 5.81. The molecule has 2 atom stereocenters. The molecule has 104 valence electrons. The van der Waals surface area contributed by atoms with Crippen LogP contribution in [0.4, 0.5) is 10.1 Å². The van der Waals surface area contributed by atoms with Crippen molar-refractivity contribution in [2.24, 2.45) is 0 Å². The lowest BCUT2D eigenvalue weighted by atomic mass is 9.95. The molecule has 0 amide bonds. The minimum Gasteiger partial charge on any atom is -0.363 e. The molecule has 3 heteroatoms. The number of para-hydroxylation sites is 1. The van der Waals surface area contributed by atoms with E-state index in [1.165, 1.54) is 25.8 Å². The summed E-state index contributed by atoms with van der Waals surface area (Å²) in [7, 11) is 0. The smallest absolute Gasteiger partial charge is 0.146 e. The lowest BCUT2D eigenvalue weighted by Crippen LogP contribution is -2.59. The van der Waals surface area contributed by atoms with E-state index in [2.05, 4.69) is 16.7 Å². The molecule has 2 aliphatic heterocycles. The fourth-order valence-electron chi connectivity index (χ4n) is 3.58. The van der Waals surface area contributed by atoms with Crippen LogP contribution in [0, 0.1) is 5.82 Å². The Bertz CT molecular complexity index is 435. The molecule has 0 bridgehead atoms. The van der Waals surface area contributed by atoms with Gasteiger partial charge in [-0.1, -0.05) is 25.5 Å². The van der Waals surface area contributed by atoms with Gasteiger partial charge in [0.1, 0.15) is 5.82 Å². The standard InChI is InChI=1S/C16H23FN2/c1-2-13-11-18-10-6-5-7-14(18)12-19(13)16-9-4-3-8-15(16)17/h3-4,8-9,13-14H,2,5-7,10-12H2,1H3. The minimum absolute atomic E-state index is 0.0785. The van der Waals surface area contributed by atoms with Crippen molar-refractivity contribution in [1.29, 1.82) is 0 Å². The van der Waals surface area contributed by atoms with Crippen LogP contribution in [0.1, 0.15) is 32.6 Å².